The van der Waals surface area contributed by atoms with E-state index in [4.69, 9.17) is 0 Å². The van der Waals surface area contributed by atoms with Crippen molar-refractivity contribution in [3.8, 4) is 43.8 Å². The summed E-state index contributed by atoms with van der Waals surface area (Å²) in [5.74, 6) is 0. The van der Waals surface area contributed by atoms with Gasteiger partial charge in [0, 0.05) is 32.1 Å². The van der Waals surface area contributed by atoms with Crippen molar-refractivity contribution in [2.75, 3.05) is 4.90 Å². The molecule has 10 aromatic rings. The molecule has 0 radical (unpaired) electrons. The Bertz CT molecular complexity index is 3270. The maximum atomic E-state index is 2.48. The largest absolute Gasteiger partial charge is 0.310 e. The van der Waals surface area contributed by atoms with Crippen molar-refractivity contribution in [2.24, 2.45) is 0 Å². The van der Waals surface area contributed by atoms with Gasteiger partial charge in [0.2, 0.25) is 0 Å². The van der Waals surface area contributed by atoms with E-state index in [0.717, 1.165) is 17.1 Å². The van der Waals surface area contributed by atoms with Crippen LogP contribution < -0.4 is 4.90 Å². The summed E-state index contributed by atoms with van der Waals surface area (Å²) in [5.41, 5.74) is 19.8. The summed E-state index contributed by atoms with van der Waals surface area (Å²) in [5, 5.41) is 1.33. The normalized spacial score (nSPS) is 13.9. The van der Waals surface area contributed by atoms with Gasteiger partial charge in [-0.1, -0.05) is 184 Å². The molecule has 0 unspecified atom stereocenters. The van der Waals surface area contributed by atoms with Crippen molar-refractivity contribution in [3.63, 3.8) is 0 Å². The molecular weight excluding hydrogens is 767 g/mol. The van der Waals surface area contributed by atoms with Crippen LogP contribution in [-0.2, 0) is 10.8 Å². The van der Waals surface area contributed by atoms with Gasteiger partial charge in [0.1, 0.15) is 0 Å². The van der Waals surface area contributed by atoms with E-state index >= 15 is 0 Å². The van der Waals surface area contributed by atoms with Crippen molar-refractivity contribution in [1.29, 1.82) is 0 Å². The zero-order chi connectivity index (χ0) is 41.4. The fourth-order valence-corrected chi connectivity index (χ4v) is 12.0. The molecule has 0 bridgehead atoms. The van der Waals surface area contributed by atoms with Gasteiger partial charge in [-0.05, 0) is 132 Å². The minimum absolute atomic E-state index is 0.0798. The minimum atomic E-state index is -0.459. The van der Waals surface area contributed by atoms with Gasteiger partial charge in [-0.25, -0.2) is 0 Å². The number of nitrogens with zero attached hydrogens (tertiary/aromatic N) is 1. The number of hydrogen-bond donors (Lipinski definition) is 0. The van der Waals surface area contributed by atoms with E-state index in [1.54, 1.807) is 0 Å². The smallest absolute Gasteiger partial charge is 0.0728 e. The predicted octanol–water partition coefficient (Wildman–Crippen LogP) is 16.4. The van der Waals surface area contributed by atoms with Crippen LogP contribution in [-0.4, -0.2) is 0 Å². The summed E-state index contributed by atoms with van der Waals surface area (Å²) < 4.78 is 1.33. The first-order valence-electron chi connectivity index (χ1n) is 21.6. The first-order chi connectivity index (χ1) is 30.5. The molecule has 2 heteroatoms. The number of fused-ring (bicyclic) bond motifs is 8. The number of benzene rings is 9. The number of para-hydroxylation sites is 1. The second-order valence-electron chi connectivity index (χ2n) is 17.2. The maximum absolute atomic E-state index is 2.48. The molecule has 0 spiro atoms. The highest BCUT2D eigenvalue weighted by atomic mass is 32.1. The molecule has 294 valence electrons. The number of anilines is 3. The second-order valence-corrected chi connectivity index (χ2v) is 18.3. The van der Waals surface area contributed by atoms with Gasteiger partial charge in [0.15, 0.2) is 0 Å². The first kappa shape index (κ1) is 36.6. The van der Waals surface area contributed by atoms with E-state index in [9.17, 15) is 0 Å². The van der Waals surface area contributed by atoms with Gasteiger partial charge in [-0.15, -0.1) is 11.3 Å². The molecule has 1 nitrogen and oxygen atoms in total. The highest BCUT2D eigenvalue weighted by Gasteiger charge is 2.48. The van der Waals surface area contributed by atoms with Crippen LogP contribution in [0, 0.1) is 0 Å². The zero-order valence-electron chi connectivity index (χ0n) is 34.7. The van der Waals surface area contributed by atoms with E-state index in [0.29, 0.717) is 0 Å². The number of hydrogen-bond acceptors (Lipinski definition) is 2. The highest BCUT2D eigenvalue weighted by Crippen LogP contribution is 2.61. The molecule has 0 saturated heterocycles. The quantitative estimate of drug-likeness (QED) is 0.155. The molecule has 2 aliphatic rings. The lowest BCUT2D eigenvalue weighted by Gasteiger charge is -2.34. The van der Waals surface area contributed by atoms with E-state index in [1.807, 2.05) is 11.3 Å². The second kappa shape index (κ2) is 14.2. The van der Waals surface area contributed by atoms with Crippen LogP contribution in [0.15, 0.2) is 224 Å². The maximum Gasteiger partial charge on any atom is 0.0728 e. The molecule has 1 heterocycles. The zero-order valence-corrected chi connectivity index (χ0v) is 35.5. The average Bonchev–Trinajstić information content (AvgIpc) is 3.93. The van der Waals surface area contributed by atoms with E-state index in [2.05, 4.69) is 243 Å². The lowest BCUT2D eigenvalue weighted by molar-refractivity contribution is 0.660. The Kier molecular flexibility index (Phi) is 8.36. The Morgan fingerprint density at radius 1 is 0.371 bits per heavy atom. The van der Waals surface area contributed by atoms with Gasteiger partial charge in [0.25, 0.3) is 0 Å². The third kappa shape index (κ3) is 5.46. The summed E-state index contributed by atoms with van der Waals surface area (Å²) in [4.78, 5) is 3.75. The van der Waals surface area contributed by atoms with Crippen LogP contribution in [0.5, 0.6) is 0 Å². The van der Waals surface area contributed by atoms with Crippen LogP contribution in [0.25, 0.3) is 53.9 Å². The van der Waals surface area contributed by atoms with Crippen molar-refractivity contribution < 1.29 is 0 Å². The van der Waals surface area contributed by atoms with Gasteiger partial charge >= 0.3 is 0 Å². The molecule has 0 saturated carbocycles. The van der Waals surface area contributed by atoms with Crippen LogP contribution in [0.2, 0.25) is 0 Å². The molecule has 9 aromatic carbocycles. The van der Waals surface area contributed by atoms with Crippen molar-refractivity contribution in [2.45, 2.75) is 24.7 Å². The molecule has 1 aromatic heterocycles. The minimum Gasteiger partial charge on any atom is -0.310 e. The lowest BCUT2D eigenvalue weighted by atomic mass is 9.67. The van der Waals surface area contributed by atoms with Crippen molar-refractivity contribution in [3.05, 3.63) is 258 Å². The summed E-state index contributed by atoms with van der Waals surface area (Å²) in [6.45, 7) is 4.70. The lowest BCUT2D eigenvalue weighted by Crippen LogP contribution is -2.28. The van der Waals surface area contributed by atoms with Crippen LogP contribution >= 0.6 is 11.3 Å². The SMILES string of the molecule is CC1(C)c2ccccc2-c2ccc(N(c3ccccc3)c3ccc(-c4cccc(-c5ccc6c(c5)C(c5ccccc5)(c5ccccc5)c5c-6sc6ccccc56)c4)cc3)cc21. The molecule has 0 atom stereocenters. The van der Waals surface area contributed by atoms with E-state index in [-0.39, 0.29) is 5.41 Å². The summed E-state index contributed by atoms with van der Waals surface area (Å²) >= 11 is 1.92. The Morgan fingerprint density at radius 3 is 1.66 bits per heavy atom. The molecular formula is C60H43NS. The molecule has 2 aliphatic carbocycles. The Hall–Kier alpha value is -7.26. The third-order valence-corrected chi connectivity index (χ3v) is 14.8. The van der Waals surface area contributed by atoms with Crippen molar-refractivity contribution in [1.82, 2.24) is 0 Å². The topological polar surface area (TPSA) is 3.24 Å². The number of thiophene rings is 1. The Morgan fingerprint density at radius 2 is 0.919 bits per heavy atom. The fourth-order valence-electron chi connectivity index (χ4n) is 10.7. The van der Waals surface area contributed by atoms with Gasteiger partial charge in [-0.2, -0.15) is 0 Å². The molecule has 0 aliphatic heterocycles. The summed E-state index contributed by atoms with van der Waals surface area (Å²) in [6.07, 6.45) is 0. The predicted molar refractivity (Wildman–Crippen MR) is 262 cm³/mol. The Balaban J connectivity index is 0.944. The van der Waals surface area contributed by atoms with Crippen LogP contribution in [0.3, 0.4) is 0 Å². The van der Waals surface area contributed by atoms with Gasteiger partial charge in [0.05, 0.1) is 5.41 Å². The standard InChI is InChI=1S/C60H43NS/c1-59(2)53-27-14-12-25-49(53)50-36-34-48(39-54(50)59)61(46-23-10-5-11-24-46)47-32-29-40(30-33-47)41-17-16-18-42(37-41)43-31-35-51-55(38-43)60(44-19-6-3-7-20-44,45-21-8-4-9-22-45)57-52-26-13-15-28-56(52)62-58(51)57/h3-39H,1-2H3. The Labute approximate surface area is 367 Å². The monoisotopic (exact) mass is 809 g/mol. The third-order valence-electron chi connectivity index (χ3n) is 13.5. The summed E-state index contributed by atoms with van der Waals surface area (Å²) in [7, 11) is 0. The highest BCUT2D eigenvalue weighted by molar-refractivity contribution is 7.22. The first-order valence-corrected chi connectivity index (χ1v) is 22.4. The molecule has 62 heavy (non-hydrogen) atoms. The fraction of sp³-hybridized carbons (Fsp3) is 0.0667. The average molecular weight is 810 g/mol. The molecule has 0 fully saturated rings. The molecule has 0 N–H and O–H groups in total. The van der Waals surface area contributed by atoms with Crippen LogP contribution in [0.4, 0.5) is 17.1 Å². The summed E-state index contributed by atoms with van der Waals surface area (Å²) in [6, 6.07) is 83.2. The van der Waals surface area contributed by atoms with Crippen LogP contribution in [0.1, 0.15) is 47.2 Å². The van der Waals surface area contributed by atoms with E-state index < -0.39 is 5.41 Å². The van der Waals surface area contributed by atoms with Gasteiger partial charge in [-0.3, -0.25) is 0 Å². The number of rotatable bonds is 7. The molecule has 0 amide bonds. The van der Waals surface area contributed by atoms with Crippen molar-refractivity contribution >= 4 is 38.5 Å². The molecule has 12 rings (SSSR count). The van der Waals surface area contributed by atoms with Gasteiger partial charge < -0.3 is 4.90 Å². The van der Waals surface area contributed by atoms with E-state index in [1.165, 1.54) is 87.3 Å².